The average Bonchev–Trinajstić information content (AvgIpc) is 3.86. The topological polar surface area (TPSA) is 21.3 Å². The molecule has 3 heterocycles. The van der Waals surface area contributed by atoms with Crippen LogP contribution < -0.4 is 4.90 Å². The van der Waals surface area contributed by atoms with Gasteiger partial charge in [0.1, 0.15) is 11.2 Å². The van der Waals surface area contributed by atoms with Crippen LogP contribution in [0, 0.1) is 0 Å². The summed E-state index contributed by atoms with van der Waals surface area (Å²) in [6.07, 6.45) is 0. The van der Waals surface area contributed by atoms with Crippen LogP contribution >= 0.6 is 11.3 Å². The third-order valence-corrected chi connectivity index (χ3v) is 11.4. The van der Waals surface area contributed by atoms with Crippen molar-refractivity contribution in [3.05, 3.63) is 170 Å². The van der Waals surface area contributed by atoms with Gasteiger partial charge >= 0.3 is 0 Å². The highest BCUT2D eigenvalue weighted by molar-refractivity contribution is 7.26. The predicted octanol–water partition coefficient (Wildman–Crippen LogP) is 13.7. The number of anilines is 3. The highest BCUT2D eigenvalue weighted by atomic mass is 32.1. The van der Waals surface area contributed by atoms with E-state index in [-0.39, 0.29) is 0 Å². The normalized spacial score (nSPS) is 12.0. The Hall–Kier alpha value is -6.36. The molecule has 0 radical (unpaired) electrons. The van der Waals surface area contributed by atoms with Gasteiger partial charge in [-0.05, 0) is 54.6 Å². The molecular formula is C46H28N2OS. The van der Waals surface area contributed by atoms with Gasteiger partial charge in [0.05, 0.1) is 32.8 Å². The van der Waals surface area contributed by atoms with E-state index in [0.717, 1.165) is 55.5 Å². The molecule has 50 heavy (non-hydrogen) atoms. The first-order chi connectivity index (χ1) is 24.8. The molecule has 0 aliphatic carbocycles. The quantitative estimate of drug-likeness (QED) is 0.188. The van der Waals surface area contributed by atoms with Crippen molar-refractivity contribution < 1.29 is 4.42 Å². The molecule has 0 N–H and O–H groups in total. The molecule has 0 fully saturated rings. The number of fused-ring (bicyclic) bond motifs is 11. The molecule has 8 aromatic carbocycles. The van der Waals surface area contributed by atoms with E-state index < -0.39 is 0 Å². The molecule has 0 amide bonds. The lowest BCUT2D eigenvalue weighted by molar-refractivity contribution is 0.672. The monoisotopic (exact) mass is 656 g/mol. The minimum Gasteiger partial charge on any atom is -0.455 e. The van der Waals surface area contributed by atoms with Crippen LogP contribution in [0.2, 0.25) is 0 Å². The Bertz CT molecular complexity index is 3110. The average molecular weight is 657 g/mol. The summed E-state index contributed by atoms with van der Waals surface area (Å²) in [5.74, 6) is 0. The fraction of sp³-hybridized carbons (Fsp3) is 0. The zero-order valence-corrected chi connectivity index (χ0v) is 27.7. The van der Waals surface area contributed by atoms with E-state index in [1.807, 2.05) is 17.4 Å². The maximum Gasteiger partial charge on any atom is 0.143 e. The second kappa shape index (κ2) is 10.6. The summed E-state index contributed by atoms with van der Waals surface area (Å²) in [6, 6.07) is 61.2. The first kappa shape index (κ1) is 27.6. The van der Waals surface area contributed by atoms with Crippen LogP contribution in [-0.4, -0.2) is 4.57 Å². The van der Waals surface area contributed by atoms with E-state index in [2.05, 4.69) is 173 Å². The van der Waals surface area contributed by atoms with Crippen molar-refractivity contribution in [1.29, 1.82) is 0 Å². The zero-order chi connectivity index (χ0) is 32.8. The number of hydrogen-bond acceptors (Lipinski definition) is 3. The van der Waals surface area contributed by atoms with Crippen molar-refractivity contribution in [2.75, 3.05) is 4.90 Å². The largest absolute Gasteiger partial charge is 0.455 e. The van der Waals surface area contributed by atoms with Gasteiger partial charge < -0.3 is 13.9 Å². The number of thiophene rings is 1. The molecule has 4 heteroatoms. The summed E-state index contributed by atoms with van der Waals surface area (Å²) < 4.78 is 11.6. The third-order valence-electron chi connectivity index (χ3n) is 10.2. The van der Waals surface area contributed by atoms with Gasteiger partial charge in [-0.3, -0.25) is 0 Å². The van der Waals surface area contributed by atoms with E-state index in [9.17, 15) is 0 Å². The van der Waals surface area contributed by atoms with E-state index in [1.54, 1.807) is 0 Å². The summed E-state index contributed by atoms with van der Waals surface area (Å²) >= 11 is 1.86. The molecule has 0 atom stereocenters. The minimum atomic E-state index is 0.907. The number of hydrogen-bond donors (Lipinski definition) is 0. The van der Waals surface area contributed by atoms with Crippen LogP contribution in [0.1, 0.15) is 0 Å². The molecule has 0 bridgehead atoms. The van der Waals surface area contributed by atoms with Gasteiger partial charge in [-0.2, -0.15) is 0 Å². The van der Waals surface area contributed by atoms with Crippen LogP contribution in [0.25, 0.3) is 80.4 Å². The molecule has 0 saturated heterocycles. The molecule has 11 rings (SSSR count). The van der Waals surface area contributed by atoms with Crippen molar-refractivity contribution in [3.8, 4) is 5.69 Å². The third kappa shape index (κ3) is 3.85. The van der Waals surface area contributed by atoms with Crippen molar-refractivity contribution >= 4 is 103 Å². The Morgan fingerprint density at radius 1 is 0.420 bits per heavy atom. The number of benzene rings is 8. The number of para-hydroxylation sites is 4. The van der Waals surface area contributed by atoms with Crippen molar-refractivity contribution in [2.24, 2.45) is 0 Å². The summed E-state index contributed by atoms with van der Waals surface area (Å²) in [7, 11) is 0. The number of nitrogens with zero attached hydrogens (tertiary/aromatic N) is 2. The van der Waals surface area contributed by atoms with Crippen LogP contribution in [0.3, 0.4) is 0 Å². The molecule has 11 aromatic rings. The van der Waals surface area contributed by atoms with E-state index >= 15 is 0 Å². The molecule has 3 aromatic heterocycles. The van der Waals surface area contributed by atoms with Crippen molar-refractivity contribution in [2.45, 2.75) is 0 Å². The van der Waals surface area contributed by atoms with Gasteiger partial charge in [0.25, 0.3) is 0 Å². The molecule has 0 unspecified atom stereocenters. The molecule has 0 aliphatic heterocycles. The second-order valence-corrected chi connectivity index (χ2v) is 13.9. The summed E-state index contributed by atoms with van der Waals surface area (Å²) in [5, 5.41) is 9.51. The number of rotatable bonds is 4. The fourth-order valence-electron chi connectivity index (χ4n) is 8.04. The van der Waals surface area contributed by atoms with Crippen LogP contribution in [-0.2, 0) is 0 Å². The van der Waals surface area contributed by atoms with Gasteiger partial charge in [-0.25, -0.2) is 0 Å². The van der Waals surface area contributed by atoms with Gasteiger partial charge in [0, 0.05) is 53.5 Å². The predicted molar refractivity (Wildman–Crippen MR) is 213 cm³/mol. The molecular weight excluding hydrogens is 629 g/mol. The van der Waals surface area contributed by atoms with Crippen LogP contribution in [0.15, 0.2) is 174 Å². The Kier molecular flexibility index (Phi) is 5.83. The summed E-state index contributed by atoms with van der Waals surface area (Å²) in [6.45, 7) is 0. The molecule has 0 aliphatic rings. The van der Waals surface area contributed by atoms with E-state index in [1.165, 1.54) is 42.0 Å². The second-order valence-electron chi connectivity index (χ2n) is 12.9. The minimum absolute atomic E-state index is 0.907. The standard InChI is InChI=1S/C46H28N2OS/c1-2-13-29(14-3-1)47-38-21-7-4-15-30(38)34-18-10-23-40(44(34)47)48(41-24-12-20-37-33-17-6-9-26-43(33)50-46(37)41)39-22-11-19-35-31(39)27-28-36-32-16-5-8-25-42(32)49-45(35)36/h1-28H. The Balaban J connectivity index is 1.30. The van der Waals surface area contributed by atoms with Gasteiger partial charge in [-0.1, -0.05) is 115 Å². The lowest BCUT2D eigenvalue weighted by atomic mass is 10.0. The SMILES string of the molecule is c1ccc(-n2c3ccccc3c3cccc(N(c4cccc5c4ccc4c6ccccc6oc54)c4cccc5c4sc4ccccc45)c32)cc1. The Morgan fingerprint density at radius 3 is 1.92 bits per heavy atom. The molecule has 0 saturated carbocycles. The maximum absolute atomic E-state index is 6.59. The van der Waals surface area contributed by atoms with E-state index in [4.69, 9.17) is 4.42 Å². The molecule has 0 spiro atoms. The Labute approximate surface area is 291 Å². The van der Waals surface area contributed by atoms with Gasteiger partial charge in [0.2, 0.25) is 0 Å². The lowest BCUT2D eigenvalue weighted by Crippen LogP contribution is -2.12. The first-order valence-electron chi connectivity index (χ1n) is 16.9. The fourth-order valence-corrected chi connectivity index (χ4v) is 9.25. The first-order valence-corrected chi connectivity index (χ1v) is 17.8. The summed E-state index contributed by atoms with van der Waals surface area (Å²) in [5.41, 5.74) is 8.68. The Morgan fingerprint density at radius 2 is 1.04 bits per heavy atom. The highest BCUT2D eigenvalue weighted by Gasteiger charge is 2.25. The smallest absolute Gasteiger partial charge is 0.143 e. The highest BCUT2D eigenvalue weighted by Crippen LogP contribution is 2.50. The van der Waals surface area contributed by atoms with Gasteiger partial charge in [0.15, 0.2) is 0 Å². The van der Waals surface area contributed by atoms with Crippen molar-refractivity contribution in [1.82, 2.24) is 4.57 Å². The molecule has 234 valence electrons. The van der Waals surface area contributed by atoms with E-state index in [0.29, 0.717) is 0 Å². The zero-order valence-electron chi connectivity index (χ0n) is 26.9. The van der Waals surface area contributed by atoms with Crippen LogP contribution in [0.4, 0.5) is 17.1 Å². The maximum atomic E-state index is 6.59. The molecule has 3 nitrogen and oxygen atoms in total. The number of furan rings is 1. The lowest BCUT2D eigenvalue weighted by Gasteiger charge is -2.28. The van der Waals surface area contributed by atoms with Crippen LogP contribution in [0.5, 0.6) is 0 Å². The number of aromatic nitrogens is 1. The van der Waals surface area contributed by atoms with Gasteiger partial charge in [-0.15, -0.1) is 11.3 Å². The van der Waals surface area contributed by atoms with Crippen molar-refractivity contribution in [3.63, 3.8) is 0 Å². The summed E-state index contributed by atoms with van der Waals surface area (Å²) in [4.78, 5) is 2.50.